The highest BCUT2D eigenvalue weighted by Gasteiger charge is 2.52. The second-order valence-corrected chi connectivity index (χ2v) is 20.4. The lowest BCUT2D eigenvalue weighted by Gasteiger charge is -2.35. The number of carbonyl (C=O) groups is 4. The van der Waals surface area contributed by atoms with Gasteiger partial charge in [0, 0.05) is 31.3 Å². The molecule has 0 aliphatic carbocycles. The normalized spacial score (nSPS) is 16.1. The third kappa shape index (κ3) is 11.8. The molecule has 384 valence electrons. The Morgan fingerprint density at radius 2 is 1.67 bits per heavy atom. The third-order valence-electron chi connectivity index (χ3n) is 12.5. The summed E-state index contributed by atoms with van der Waals surface area (Å²) in [5.41, 5.74) is -0.847. The number of thiazole rings is 1. The summed E-state index contributed by atoms with van der Waals surface area (Å²) in [6.45, 7) is 11.3. The SMILES string of the molecule is Cc1ncsc1-c1ccc(CNC(=O)C2CCCN2C(=O)C(NC(=O)COCCCCOc2ccc(-c3ncc(N4C(=S)N(c5ccc(C#N)c(C(F)(F)F)c5F)C(=O)C4(C)C)cc3F)cc2)C(C)(C)C)cc1. The number of anilines is 2. The number of ether oxygens (including phenoxy) is 2. The van der Waals surface area contributed by atoms with Crippen molar-refractivity contribution < 1.29 is 50.6 Å². The van der Waals surface area contributed by atoms with E-state index in [0.717, 1.165) is 39.9 Å². The van der Waals surface area contributed by atoms with Gasteiger partial charge in [-0.05, 0) is 112 Å². The largest absolute Gasteiger partial charge is 0.494 e. The summed E-state index contributed by atoms with van der Waals surface area (Å²) < 4.78 is 84.0. The Bertz CT molecular complexity index is 2940. The maximum atomic E-state index is 15.7. The number of aryl methyl sites for hydroxylation is 1. The second kappa shape index (κ2) is 22.1. The van der Waals surface area contributed by atoms with E-state index in [0.29, 0.717) is 61.6 Å². The highest BCUT2D eigenvalue weighted by atomic mass is 32.1. The Balaban J connectivity index is 0.853. The van der Waals surface area contributed by atoms with Crippen molar-refractivity contribution in [2.45, 2.75) is 97.6 Å². The first-order valence-corrected chi connectivity index (χ1v) is 24.6. The number of unbranched alkanes of at least 4 members (excludes halogenated alkanes) is 1. The maximum Gasteiger partial charge on any atom is 0.420 e. The van der Waals surface area contributed by atoms with Crippen LogP contribution in [-0.2, 0) is 36.6 Å². The van der Waals surface area contributed by atoms with Crippen LogP contribution < -0.4 is 25.2 Å². The van der Waals surface area contributed by atoms with E-state index in [4.69, 9.17) is 21.7 Å². The predicted molar refractivity (Wildman–Crippen MR) is 268 cm³/mol. The van der Waals surface area contributed by atoms with Gasteiger partial charge in [0.15, 0.2) is 16.7 Å². The van der Waals surface area contributed by atoms with Gasteiger partial charge < -0.3 is 29.9 Å². The van der Waals surface area contributed by atoms with Crippen LogP contribution in [0.2, 0.25) is 0 Å². The van der Waals surface area contributed by atoms with Gasteiger partial charge in [-0.2, -0.15) is 18.4 Å². The van der Waals surface area contributed by atoms with Crippen LogP contribution in [0, 0.1) is 35.3 Å². The third-order valence-corrected chi connectivity index (χ3v) is 13.9. The Hall–Kier alpha value is -6.89. The molecule has 14 nitrogen and oxygen atoms in total. The van der Waals surface area contributed by atoms with E-state index in [1.54, 1.807) is 40.5 Å². The summed E-state index contributed by atoms with van der Waals surface area (Å²) in [6, 6.07) is 16.8. The maximum absolute atomic E-state index is 15.7. The molecule has 2 aliphatic heterocycles. The van der Waals surface area contributed by atoms with Crippen LogP contribution in [0.4, 0.5) is 33.3 Å². The first-order chi connectivity index (χ1) is 34.5. The number of amides is 4. The van der Waals surface area contributed by atoms with Crippen molar-refractivity contribution in [2.75, 3.05) is 36.2 Å². The number of hydrogen-bond donors (Lipinski definition) is 2. The number of likely N-dealkylation sites (tertiary alicyclic amines) is 1. The number of carbonyl (C=O) groups excluding carboxylic acids is 4. The first kappa shape index (κ1) is 53.9. The zero-order chi connectivity index (χ0) is 53.0. The molecule has 0 bridgehead atoms. The number of rotatable bonds is 17. The minimum atomic E-state index is -5.25. The Morgan fingerprint density at radius 1 is 0.986 bits per heavy atom. The van der Waals surface area contributed by atoms with E-state index in [2.05, 4.69) is 20.6 Å². The van der Waals surface area contributed by atoms with Gasteiger partial charge in [0.05, 0.1) is 51.9 Å². The molecule has 2 fully saturated rings. The lowest BCUT2D eigenvalue weighted by molar-refractivity contribution is -0.144. The standard InChI is InChI=1S/C52H53F5N8O6S2/c1-30-44(73-29-61-30)33-13-11-31(12-14-33)26-60-46(67)39-10-9-21-63(39)47(68)45(50(2,3)4)62-40(66)28-70-22-7-8-23-71-36-18-15-32(16-19-36)43-37(53)24-35(27-59-43)65-49(72)64(48(69)51(65,5)6)38-20-17-34(25-58)41(42(38)54)52(55,56)57/h11-20,24,27,29,39,45H,7-10,21-23,26,28H2,1-6H3,(H,60,67)(H,62,66). The minimum Gasteiger partial charge on any atom is -0.494 e. The van der Waals surface area contributed by atoms with E-state index in [1.165, 1.54) is 31.0 Å². The molecular formula is C52H53F5N8O6S2. The number of halogens is 5. The van der Waals surface area contributed by atoms with E-state index >= 15 is 8.78 Å². The van der Waals surface area contributed by atoms with Gasteiger partial charge in [-0.3, -0.25) is 29.1 Å². The number of pyridine rings is 1. The molecule has 0 saturated carbocycles. The average Bonchev–Trinajstić information content (AvgIpc) is 4.05. The van der Waals surface area contributed by atoms with E-state index in [-0.39, 0.29) is 36.4 Å². The smallest absolute Gasteiger partial charge is 0.420 e. The van der Waals surface area contributed by atoms with E-state index in [9.17, 15) is 37.6 Å². The van der Waals surface area contributed by atoms with Crippen molar-refractivity contribution in [1.82, 2.24) is 25.5 Å². The van der Waals surface area contributed by atoms with Gasteiger partial charge >= 0.3 is 6.18 Å². The highest BCUT2D eigenvalue weighted by Crippen LogP contribution is 2.42. The summed E-state index contributed by atoms with van der Waals surface area (Å²) in [4.78, 5) is 67.0. The van der Waals surface area contributed by atoms with Crippen molar-refractivity contribution in [1.29, 1.82) is 5.26 Å². The van der Waals surface area contributed by atoms with Gasteiger partial charge in [0.1, 0.15) is 41.2 Å². The highest BCUT2D eigenvalue weighted by molar-refractivity contribution is 7.81. The summed E-state index contributed by atoms with van der Waals surface area (Å²) in [6.07, 6.45) is -1.73. The number of thiocarbonyl (C=S) groups is 1. The second-order valence-electron chi connectivity index (χ2n) is 19.1. The van der Waals surface area contributed by atoms with Crippen LogP contribution in [0.5, 0.6) is 5.75 Å². The molecule has 4 amide bonds. The van der Waals surface area contributed by atoms with Crippen molar-refractivity contribution in [3.63, 3.8) is 0 Å². The van der Waals surface area contributed by atoms with Crippen molar-refractivity contribution in [3.8, 4) is 33.5 Å². The predicted octanol–water partition coefficient (Wildman–Crippen LogP) is 9.28. The van der Waals surface area contributed by atoms with Crippen LogP contribution in [-0.4, -0.2) is 87.6 Å². The van der Waals surface area contributed by atoms with Gasteiger partial charge in [-0.15, -0.1) is 11.3 Å². The van der Waals surface area contributed by atoms with Crippen LogP contribution >= 0.6 is 23.6 Å². The average molecular weight is 1050 g/mol. The molecule has 2 unspecified atom stereocenters. The summed E-state index contributed by atoms with van der Waals surface area (Å²) in [5.74, 6) is -4.12. The summed E-state index contributed by atoms with van der Waals surface area (Å²) >= 11 is 7.03. The molecule has 7 rings (SSSR count). The van der Waals surface area contributed by atoms with Crippen molar-refractivity contribution in [2.24, 2.45) is 5.41 Å². The molecule has 73 heavy (non-hydrogen) atoms. The number of benzene rings is 3. The molecule has 2 N–H and O–H groups in total. The Kier molecular flexibility index (Phi) is 16.3. The van der Waals surface area contributed by atoms with Gasteiger partial charge in [0.2, 0.25) is 17.7 Å². The van der Waals surface area contributed by atoms with Crippen LogP contribution in [0.15, 0.2) is 78.4 Å². The summed E-state index contributed by atoms with van der Waals surface area (Å²) in [7, 11) is 0. The molecule has 0 radical (unpaired) electrons. The van der Waals surface area contributed by atoms with E-state index in [1.807, 2.05) is 57.5 Å². The first-order valence-electron chi connectivity index (χ1n) is 23.3. The topological polar surface area (TPSA) is 170 Å². The Labute approximate surface area is 428 Å². The van der Waals surface area contributed by atoms with Gasteiger partial charge in [-0.25, -0.2) is 13.8 Å². The Morgan fingerprint density at radius 3 is 2.30 bits per heavy atom. The van der Waals surface area contributed by atoms with Crippen LogP contribution in [0.1, 0.15) is 82.7 Å². The number of aromatic nitrogens is 2. The molecule has 2 saturated heterocycles. The zero-order valence-corrected chi connectivity index (χ0v) is 42.5. The van der Waals surface area contributed by atoms with Crippen LogP contribution in [0.25, 0.3) is 21.7 Å². The fourth-order valence-corrected chi connectivity index (χ4v) is 9.99. The number of hydrogen-bond acceptors (Lipinski definition) is 11. The number of alkyl halides is 3. The lowest BCUT2D eigenvalue weighted by atomic mass is 9.85. The molecule has 2 atom stereocenters. The molecule has 2 aliphatic rings. The molecular weight excluding hydrogens is 992 g/mol. The fourth-order valence-electron chi connectivity index (χ4n) is 8.66. The van der Waals surface area contributed by atoms with Crippen molar-refractivity contribution in [3.05, 3.63) is 112 Å². The van der Waals surface area contributed by atoms with Gasteiger partial charge in [0.25, 0.3) is 5.91 Å². The zero-order valence-electron chi connectivity index (χ0n) is 40.9. The number of nitrogens with one attached hydrogen (secondary N) is 2. The molecule has 21 heteroatoms. The van der Waals surface area contributed by atoms with Crippen molar-refractivity contribution >= 4 is 63.7 Å². The number of nitriles is 1. The molecule has 0 spiro atoms. The lowest BCUT2D eigenvalue weighted by Crippen LogP contribution is -2.58. The van der Waals surface area contributed by atoms with Gasteiger partial charge in [-0.1, -0.05) is 45.0 Å². The molecule has 3 aromatic carbocycles. The summed E-state index contributed by atoms with van der Waals surface area (Å²) in [5, 5.41) is 14.6. The molecule has 2 aromatic heterocycles. The fraction of sp³-hybridized carbons (Fsp3) is 0.385. The number of nitrogens with zero attached hydrogens (tertiary/aromatic N) is 6. The molecule has 5 aromatic rings. The van der Waals surface area contributed by atoms with Crippen LogP contribution in [0.3, 0.4) is 0 Å². The van der Waals surface area contributed by atoms with E-state index < -0.39 is 74.6 Å². The monoisotopic (exact) mass is 1040 g/mol. The minimum absolute atomic E-state index is 0.0166. The molecule has 4 heterocycles. The quantitative estimate of drug-likeness (QED) is 0.0517.